The minimum Gasteiger partial charge on any atom is -0.507 e. The lowest BCUT2D eigenvalue weighted by Crippen LogP contribution is -2.14. The Balaban J connectivity index is 2.31. The molecule has 0 radical (unpaired) electrons. The average Bonchev–Trinajstić information content (AvgIpc) is 2.33. The fourth-order valence-corrected chi connectivity index (χ4v) is 2.03. The maximum Gasteiger partial charge on any atom is 0.259 e. The lowest BCUT2D eigenvalue weighted by molar-refractivity contribution is 0.102. The molecular weight excluding hydrogens is 238 g/mol. The van der Waals surface area contributed by atoms with Crippen LogP contribution in [0.4, 0.5) is 5.69 Å². The van der Waals surface area contributed by atoms with Crippen molar-refractivity contribution in [1.29, 1.82) is 0 Å². The minimum atomic E-state index is -0.296. The number of carbonyl (C=O) groups is 1. The Morgan fingerprint density at radius 3 is 2.26 bits per heavy atom. The molecule has 98 valence electrons. The Hall–Kier alpha value is -2.29. The standard InChI is InChI=1S/C16H17NO2/c1-10-7-8-13(14(18)9-10)16(19)17-15-11(2)5-4-6-12(15)3/h4-9,18H,1-3H3,(H,17,19). The van der Waals surface area contributed by atoms with Gasteiger partial charge in [0.25, 0.3) is 5.91 Å². The third kappa shape index (κ3) is 2.76. The molecule has 19 heavy (non-hydrogen) atoms. The van der Waals surface area contributed by atoms with Crippen molar-refractivity contribution in [3.63, 3.8) is 0 Å². The van der Waals surface area contributed by atoms with Crippen molar-refractivity contribution in [2.75, 3.05) is 5.32 Å². The van der Waals surface area contributed by atoms with Gasteiger partial charge in [0.05, 0.1) is 5.56 Å². The van der Waals surface area contributed by atoms with Crippen LogP contribution in [0, 0.1) is 20.8 Å². The molecule has 2 N–H and O–H groups in total. The highest BCUT2D eigenvalue weighted by atomic mass is 16.3. The largest absolute Gasteiger partial charge is 0.507 e. The van der Waals surface area contributed by atoms with E-state index in [2.05, 4.69) is 5.32 Å². The molecule has 0 aliphatic rings. The van der Waals surface area contributed by atoms with Crippen LogP contribution in [0.1, 0.15) is 27.0 Å². The second-order valence-electron chi connectivity index (χ2n) is 4.74. The van der Waals surface area contributed by atoms with Gasteiger partial charge in [-0.1, -0.05) is 24.3 Å². The van der Waals surface area contributed by atoms with Gasteiger partial charge < -0.3 is 10.4 Å². The summed E-state index contributed by atoms with van der Waals surface area (Å²) >= 11 is 0. The number of phenolic OH excluding ortho intramolecular Hbond substituents is 1. The molecule has 2 aromatic rings. The van der Waals surface area contributed by atoms with Crippen LogP contribution in [0.5, 0.6) is 5.75 Å². The second kappa shape index (κ2) is 5.14. The van der Waals surface area contributed by atoms with Crippen LogP contribution in [0.2, 0.25) is 0 Å². The number of benzene rings is 2. The summed E-state index contributed by atoms with van der Waals surface area (Å²) in [4.78, 5) is 12.2. The number of hydrogen-bond acceptors (Lipinski definition) is 2. The van der Waals surface area contributed by atoms with Crippen molar-refractivity contribution in [2.45, 2.75) is 20.8 Å². The highest BCUT2D eigenvalue weighted by molar-refractivity contribution is 6.06. The number of amides is 1. The van der Waals surface area contributed by atoms with Crippen LogP contribution in [0.15, 0.2) is 36.4 Å². The van der Waals surface area contributed by atoms with Gasteiger partial charge in [0.15, 0.2) is 0 Å². The number of nitrogens with one attached hydrogen (secondary N) is 1. The first-order valence-corrected chi connectivity index (χ1v) is 6.16. The van der Waals surface area contributed by atoms with Gasteiger partial charge in [-0.3, -0.25) is 4.79 Å². The third-order valence-electron chi connectivity index (χ3n) is 3.12. The van der Waals surface area contributed by atoms with E-state index in [-0.39, 0.29) is 17.2 Å². The van der Waals surface area contributed by atoms with Crippen LogP contribution in [0.3, 0.4) is 0 Å². The summed E-state index contributed by atoms with van der Waals surface area (Å²) in [6.45, 7) is 5.75. The van der Waals surface area contributed by atoms with Gasteiger partial charge in [-0.2, -0.15) is 0 Å². The molecule has 0 spiro atoms. The number of phenols is 1. The van der Waals surface area contributed by atoms with Gasteiger partial charge in [-0.15, -0.1) is 0 Å². The quantitative estimate of drug-likeness (QED) is 0.861. The number of anilines is 1. The fourth-order valence-electron chi connectivity index (χ4n) is 2.03. The summed E-state index contributed by atoms with van der Waals surface area (Å²) < 4.78 is 0. The van der Waals surface area contributed by atoms with Gasteiger partial charge in [-0.25, -0.2) is 0 Å². The molecule has 3 heteroatoms. The topological polar surface area (TPSA) is 49.3 Å². The van der Waals surface area contributed by atoms with E-state index in [1.165, 1.54) is 0 Å². The zero-order valence-electron chi connectivity index (χ0n) is 11.3. The van der Waals surface area contributed by atoms with Crippen LogP contribution in [-0.2, 0) is 0 Å². The number of carbonyl (C=O) groups excluding carboxylic acids is 1. The summed E-state index contributed by atoms with van der Waals surface area (Å²) in [6, 6.07) is 10.9. The van der Waals surface area contributed by atoms with E-state index in [9.17, 15) is 9.90 Å². The molecule has 0 saturated carbocycles. The second-order valence-corrected chi connectivity index (χ2v) is 4.74. The molecule has 0 aliphatic heterocycles. The van der Waals surface area contributed by atoms with Crippen molar-refractivity contribution in [3.05, 3.63) is 58.7 Å². The summed E-state index contributed by atoms with van der Waals surface area (Å²) in [5, 5.41) is 12.7. The number of aryl methyl sites for hydroxylation is 3. The van der Waals surface area contributed by atoms with Gasteiger partial charge in [0.2, 0.25) is 0 Å². The van der Waals surface area contributed by atoms with Crippen molar-refractivity contribution in [2.24, 2.45) is 0 Å². The SMILES string of the molecule is Cc1ccc(C(=O)Nc2c(C)cccc2C)c(O)c1. The Kier molecular flexibility index (Phi) is 3.56. The van der Waals surface area contributed by atoms with Gasteiger partial charge in [-0.05, 0) is 49.6 Å². The maximum atomic E-state index is 12.2. The first-order valence-electron chi connectivity index (χ1n) is 6.16. The van der Waals surface area contributed by atoms with Crippen LogP contribution < -0.4 is 5.32 Å². The van der Waals surface area contributed by atoms with E-state index in [0.29, 0.717) is 0 Å². The van der Waals surface area contributed by atoms with E-state index in [0.717, 1.165) is 22.4 Å². The maximum absolute atomic E-state index is 12.2. The minimum absolute atomic E-state index is 0.00346. The number of rotatable bonds is 2. The molecule has 3 nitrogen and oxygen atoms in total. The van der Waals surface area contributed by atoms with E-state index in [1.807, 2.05) is 39.0 Å². The van der Waals surface area contributed by atoms with Gasteiger partial charge >= 0.3 is 0 Å². The predicted molar refractivity (Wildman–Crippen MR) is 76.7 cm³/mol. The first kappa shape index (κ1) is 13.1. The molecule has 1 amide bonds. The molecule has 0 fully saturated rings. The molecule has 0 aromatic heterocycles. The van der Waals surface area contributed by atoms with Crippen molar-refractivity contribution in [3.8, 4) is 5.75 Å². The molecule has 0 atom stereocenters. The summed E-state index contributed by atoms with van der Waals surface area (Å²) in [6.07, 6.45) is 0. The Bertz CT molecular complexity index is 612. The molecular formula is C16H17NO2. The molecule has 0 heterocycles. The van der Waals surface area contributed by atoms with Gasteiger partial charge in [0, 0.05) is 5.69 Å². The molecule has 0 unspecified atom stereocenters. The molecule has 2 rings (SSSR count). The van der Waals surface area contributed by atoms with E-state index in [1.54, 1.807) is 18.2 Å². The van der Waals surface area contributed by atoms with Crippen molar-refractivity contribution in [1.82, 2.24) is 0 Å². The monoisotopic (exact) mass is 255 g/mol. The van der Waals surface area contributed by atoms with Gasteiger partial charge in [0.1, 0.15) is 5.75 Å². The molecule has 0 saturated heterocycles. The summed E-state index contributed by atoms with van der Waals surface area (Å²) in [5.74, 6) is -0.293. The lowest BCUT2D eigenvalue weighted by atomic mass is 10.1. The van der Waals surface area contributed by atoms with Crippen molar-refractivity contribution < 1.29 is 9.90 Å². The normalized spacial score (nSPS) is 10.3. The molecule has 0 aliphatic carbocycles. The number of aromatic hydroxyl groups is 1. The number of para-hydroxylation sites is 1. The predicted octanol–water partition coefficient (Wildman–Crippen LogP) is 3.57. The average molecular weight is 255 g/mol. The third-order valence-corrected chi connectivity index (χ3v) is 3.12. The Labute approximate surface area is 112 Å². The zero-order valence-corrected chi connectivity index (χ0v) is 11.3. The first-order chi connectivity index (χ1) is 8.99. The smallest absolute Gasteiger partial charge is 0.259 e. The Morgan fingerprint density at radius 1 is 1.05 bits per heavy atom. The van der Waals surface area contributed by atoms with Crippen LogP contribution >= 0.6 is 0 Å². The molecule has 2 aromatic carbocycles. The van der Waals surface area contributed by atoms with Crippen LogP contribution in [0.25, 0.3) is 0 Å². The van der Waals surface area contributed by atoms with E-state index in [4.69, 9.17) is 0 Å². The van der Waals surface area contributed by atoms with E-state index < -0.39 is 0 Å². The summed E-state index contributed by atoms with van der Waals surface area (Å²) in [5.41, 5.74) is 4.00. The highest BCUT2D eigenvalue weighted by Gasteiger charge is 2.13. The lowest BCUT2D eigenvalue weighted by Gasteiger charge is -2.12. The number of hydrogen-bond donors (Lipinski definition) is 2. The van der Waals surface area contributed by atoms with Crippen LogP contribution in [-0.4, -0.2) is 11.0 Å². The van der Waals surface area contributed by atoms with Crippen molar-refractivity contribution >= 4 is 11.6 Å². The Morgan fingerprint density at radius 2 is 1.68 bits per heavy atom. The zero-order chi connectivity index (χ0) is 14.0. The highest BCUT2D eigenvalue weighted by Crippen LogP contribution is 2.23. The fraction of sp³-hybridized carbons (Fsp3) is 0.188. The summed E-state index contributed by atoms with van der Waals surface area (Å²) in [7, 11) is 0. The molecule has 0 bridgehead atoms. The van der Waals surface area contributed by atoms with E-state index >= 15 is 0 Å².